The van der Waals surface area contributed by atoms with Crippen LogP contribution in [0.4, 0.5) is 0 Å². The minimum Gasteiger partial charge on any atom is -0.352 e. The maximum absolute atomic E-state index is 7.40. The zero-order chi connectivity index (χ0) is 23.4. The average Bonchev–Trinajstić information content (AvgIpc) is 3.47. The highest BCUT2D eigenvalue weighted by molar-refractivity contribution is 5.28. The molecule has 5 heteroatoms. The summed E-state index contributed by atoms with van der Waals surface area (Å²) in [5.41, 5.74) is 2.33. The lowest BCUT2D eigenvalue weighted by Crippen LogP contribution is -2.57. The van der Waals surface area contributed by atoms with Gasteiger partial charge in [0, 0.05) is 50.7 Å². The van der Waals surface area contributed by atoms with Crippen LogP contribution in [0.3, 0.4) is 0 Å². The van der Waals surface area contributed by atoms with Crippen molar-refractivity contribution in [3.63, 3.8) is 0 Å². The monoisotopic (exact) mass is 470 g/mol. The van der Waals surface area contributed by atoms with Crippen LogP contribution in [0, 0.1) is 28.6 Å². The van der Waals surface area contributed by atoms with Gasteiger partial charge in [-0.3, -0.25) is 4.90 Å². The lowest BCUT2D eigenvalue weighted by molar-refractivity contribution is -0.207. The van der Waals surface area contributed by atoms with Gasteiger partial charge in [0.25, 0.3) is 0 Å². The molecule has 34 heavy (non-hydrogen) atoms. The van der Waals surface area contributed by atoms with Crippen molar-refractivity contribution in [3.05, 3.63) is 11.6 Å². The van der Waals surface area contributed by atoms with E-state index in [1.165, 1.54) is 38.5 Å². The number of nitrogens with zero attached hydrogens (tertiary/aromatic N) is 2. The van der Waals surface area contributed by atoms with E-state index < -0.39 is 0 Å². The Bertz CT molecular complexity index is 875. The van der Waals surface area contributed by atoms with Crippen LogP contribution in [-0.4, -0.2) is 73.9 Å². The van der Waals surface area contributed by atoms with Gasteiger partial charge in [-0.05, 0) is 75.8 Å². The molecule has 3 saturated carbocycles. The minimum absolute atomic E-state index is 0.0220. The van der Waals surface area contributed by atoms with Crippen molar-refractivity contribution in [1.82, 2.24) is 9.80 Å². The Labute approximate surface area is 206 Å². The number of fused-ring (bicyclic) bond motifs is 6. The van der Waals surface area contributed by atoms with Gasteiger partial charge in [0.2, 0.25) is 0 Å². The van der Waals surface area contributed by atoms with Gasteiger partial charge in [-0.2, -0.15) is 0 Å². The molecule has 0 N–H and O–H groups in total. The minimum atomic E-state index is -0.302. The second kappa shape index (κ2) is 7.31. The van der Waals surface area contributed by atoms with Crippen LogP contribution in [0.2, 0.25) is 0 Å². The number of piperidine rings is 1. The SMILES string of the molecule is CN1CCC2(CC1)O[C@@]1(CC[C@@H]3[C@@H]4CC=C5CC6(CC[C@]5(C)[C@@H]4CC[C@@]31C)OCCO6)CN2C. The van der Waals surface area contributed by atoms with E-state index in [-0.39, 0.29) is 17.1 Å². The van der Waals surface area contributed by atoms with Crippen LogP contribution in [-0.2, 0) is 14.2 Å². The first kappa shape index (κ1) is 22.7. The van der Waals surface area contributed by atoms with E-state index in [4.69, 9.17) is 14.2 Å². The van der Waals surface area contributed by atoms with Crippen LogP contribution in [0.5, 0.6) is 0 Å². The van der Waals surface area contributed by atoms with E-state index >= 15 is 0 Å². The van der Waals surface area contributed by atoms with E-state index in [0.29, 0.717) is 10.8 Å². The molecule has 6 atom stereocenters. The Balaban J connectivity index is 1.16. The molecule has 7 aliphatic rings. The Morgan fingerprint density at radius 3 is 2.38 bits per heavy atom. The maximum Gasteiger partial charge on any atom is 0.172 e. The second-order valence-corrected chi connectivity index (χ2v) is 13.7. The summed E-state index contributed by atoms with van der Waals surface area (Å²) in [6.07, 6.45) is 14.8. The van der Waals surface area contributed by atoms with Gasteiger partial charge in [-0.1, -0.05) is 25.5 Å². The van der Waals surface area contributed by atoms with E-state index in [0.717, 1.165) is 76.3 Å². The van der Waals surface area contributed by atoms with Crippen LogP contribution in [0.25, 0.3) is 0 Å². The Morgan fingerprint density at radius 2 is 1.62 bits per heavy atom. The van der Waals surface area contributed by atoms with E-state index in [1.807, 2.05) is 0 Å². The number of rotatable bonds is 0. The van der Waals surface area contributed by atoms with Gasteiger partial charge in [-0.15, -0.1) is 0 Å². The first-order chi connectivity index (χ1) is 16.2. The molecule has 0 radical (unpaired) electrons. The highest BCUT2D eigenvalue weighted by atomic mass is 16.7. The number of likely N-dealkylation sites (tertiary alicyclic amines) is 1. The van der Waals surface area contributed by atoms with Crippen LogP contribution >= 0.6 is 0 Å². The highest BCUT2D eigenvalue weighted by Gasteiger charge is 2.69. The first-order valence-electron chi connectivity index (χ1n) is 14.3. The molecule has 0 aromatic rings. The molecule has 190 valence electrons. The quantitative estimate of drug-likeness (QED) is 0.475. The molecular formula is C29H46N2O3. The second-order valence-electron chi connectivity index (χ2n) is 13.7. The molecule has 3 heterocycles. The maximum atomic E-state index is 7.40. The van der Waals surface area contributed by atoms with Crippen molar-refractivity contribution in [1.29, 1.82) is 0 Å². The summed E-state index contributed by atoms with van der Waals surface area (Å²) in [6.45, 7) is 10.2. The summed E-state index contributed by atoms with van der Waals surface area (Å²) in [5, 5.41) is 0. The molecule has 4 aliphatic carbocycles. The third-order valence-electron chi connectivity index (χ3n) is 12.6. The van der Waals surface area contributed by atoms with Gasteiger partial charge < -0.3 is 19.1 Å². The number of likely N-dealkylation sites (N-methyl/N-ethyl adjacent to an activating group) is 1. The normalized spacial score (nSPS) is 49.9. The summed E-state index contributed by atoms with van der Waals surface area (Å²) in [7, 11) is 4.61. The number of hydrogen-bond donors (Lipinski definition) is 0. The summed E-state index contributed by atoms with van der Waals surface area (Å²) in [5.74, 6) is 2.12. The molecule has 6 fully saturated rings. The zero-order valence-corrected chi connectivity index (χ0v) is 22.0. The third kappa shape index (κ3) is 2.85. The molecule has 0 aromatic carbocycles. The predicted molar refractivity (Wildman–Crippen MR) is 132 cm³/mol. The van der Waals surface area contributed by atoms with Gasteiger partial charge in [0.1, 0.15) is 5.72 Å². The molecule has 3 aliphatic heterocycles. The topological polar surface area (TPSA) is 34.2 Å². The molecular weight excluding hydrogens is 424 g/mol. The smallest absolute Gasteiger partial charge is 0.172 e. The molecule has 0 unspecified atom stereocenters. The largest absolute Gasteiger partial charge is 0.352 e. The van der Waals surface area contributed by atoms with E-state index in [2.05, 4.69) is 43.8 Å². The average molecular weight is 471 g/mol. The van der Waals surface area contributed by atoms with Crippen LogP contribution in [0.15, 0.2) is 11.6 Å². The Kier molecular flexibility index (Phi) is 4.88. The fraction of sp³-hybridized carbons (Fsp3) is 0.931. The van der Waals surface area contributed by atoms with Crippen molar-refractivity contribution >= 4 is 0 Å². The Hall–Kier alpha value is -0.460. The highest BCUT2D eigenvalue weighted by Crippen LogP contribution is 2.70. The number of allylic oxidation sites excluding steroid dienone is 1. The molecule has 0 amide bonds. The lowest BCUT2D eigenvalue weighted by Gasteiger charge is -2.60. The fourth-order valence-corrected chi connectivity index (χ4v) is 10.3. The van der Waals surface area contributed by atoms with Crippen LogP contribution < -0.4 is 0 Å². The van der Waals surface area contributed by atoms with Crippen molar-refractivity contribution in [3.8, 4) is 0 Å². The first-order valence-corrected chi connectivity index (χ1v) is 14.3. The molecule has 7 rings (SSSR count). The summed E-state index contributed by atoms with van der Waals surface area (Å²) in [6, 6.07) is 0. The van der Waals surface area contributed by atoms with E-state index in [1.54, 1.807) is 5.57 Å². The Morgan fingerprint density at radius 1 is 0.882 bits per heavy atom. The zero-order valence-electron chi connectivity index (χ0n) is 22.0. The molecule has 0 bridgehead atoms. The summed E-state index contributed by atoms with van der Waals surface area (Å²) < 4.78 is 19.7. The van der Waals surface area contributed by atoms with Gasteiger partial charge >= 0.3 is 0 Å². The molecule has 0 aromatic heterocycles. The van der Waals surface area contributed by atoms with Crippen molar-refractivity contribution in [2.75, 3.05) is 46.9 Å². The standard InChI is InChI=1S/C29H46N2O3/c1-25-11-12-29(32-17-18-33-29)19-21(25)5-6-22-23(25)7-9-26(2)24(22)8-10-27(26)20-31(4)28(34-27)13-15-30(3)16-14-28/h5,22-24H,6-20H2,1-4H3/t22-,23-,24-,25+,26+,27+/m1/s1. The van der Waals surface area contributed by atoms with E-state index in [9.17, 15) is 0 Å². The van der Waals surface area contributed by atoms with Crippen LogP contribution in [0.1, 0.15) is 78.1 Å². The summed E-state index contributed by atoms with van der Waals surface area (Å²) in [4.78, 5) is 5.10. The molecule has 5 nitrogen and oxygen atoms in total. The van der Waals surface area contributed by atoms with Gasteiger partial charge in [0.05, 0.1) is 18.8 Å². The number of hydrogen-bond acceptors (Lipinski definition) is 5. The third-order valence-corrected chi connectivity index (χ3v) is 12.6. The lowest BCUT2D eigenvalue weighted by atomic mass is 9.46. The summed E-state index contributed by atoms with van der Waals surface area (Å²) >= 11 is 0. The van der Waals surface area contributed by atoms with Crippen molar-refractivity contribution in [2.45, 2.75) is 95.2 Å². The van der Waals surface area contributed by atoms with Crippen molar-refractivity contribution < 1.29 is 14.2 Å². The van der Waals surface area contributed by atoms with Crippen molar-refractivity contribution in [2.24, 2.45) is 28.6 Å². The van der Waals surface area contributed by atoms with Gasteiger partial charge in [-0.25, -0.2) is 0 Å². The molecule has 3 saturated heterocycles. The number of ether oxygens (including phenoxy) is 3. The molecule has 3 spiro atoms. The fourth-order valence-electron chi connectivity index (χ4n) is 10.3. The van der Waals surface area contributed by atoms with Gasteiger partial charge in [0.15, 0.2) is 5.79 Å². The predicted octanol–water partition coefficient (Wildman–Crippen LogP) is 4.82.